The molecule has 0 saturated heterocycles. The van der Waals surface area contributed by atoms with Gasteiger partial charge in [-0.2, -0.15) is 0 Å². The van der Waals surface area contributed by atoms with Crippen molar-refractivity contribution in [2.75, 3.05) is 5.32 Å². The Labute approximate surface area is 111 Å². The van der Waals surface area contributed by atoms with Gasteiger partial charge in [-0.3, -0.25) is 5.32 Å². The van der Waals surface area contributed by atoms with Crippen molar-refractivity contribution >= 4 is 36.0 Å². The van der Waals surface area contributed by atoms with Gasteiger partial charge in [-0.1, -0.05) is 17.7 Å². The Bertz CT molecular complexity index is 445. The molecule has 0 bridgehead atoms. The summed E-state index contributed by atoms with van der Waals surface area (Å²) < 4.78 is 5.07. The highest BCUT2D eigenvalue weighted by Gasteiger charge is 2.18. The largest absolute Gasteiger partial charge is 0.489 e. The SMILES string of the molecule is CC(C)(C)OC(=O)Nc1ccc(B(O)O)c(Cl)c1. The first-order valence-corrected chi connectivity index (χ1v) is 5.72. The predicted octanol–water partition coefficient (Wildman–Crippen LogP) is 1.37. The Morgan fingerprint density at radius 1 is 1.39 bits per heavy atom. The van der Waals surface area contributed by atoms with Crippen molar-refractivity contribution < 1.29 is 19.6 Å². The molecular weight excluding hydrogens is 256 g/mol. The third-order valence-electron chi connectivity index (χ3n) is 1.92. The zero-order valence-corrected chi connectivity index (χ0v) is 11.2. The minimum absolute atomic E-state index is 0.151. The van der Waals surface area contributed by atoms with Crippen LogP contribution in [0.5, 0.6) is 0 Å². The number of carbonyl (C=O) groups excluding carboxylic acids is 1. The molecule has 0 heterocycles. The third-order valence-corrected chi connectivity index (χ3v) is 2.25. The van der Waals surface area contributed by atoms with Gasteiger partial charge in [0.15, 0.2) is 0 Å². The van der Waals surface area contributed by atoms with Crippen molar-refractivity contribution in [1.29, 1.82) is 0 Å². The lowest BCUT2D eigenvalue weighted by molar-refractivity contribution is 0.0636. The lowest BCUT2D eigenvalue weighted by Gasteiger charge is -2.19. The fraction of sp³-hybridized carbons (Fsp3) is 0.364. The highest BCUT2D eigenvalue weighted by Crippen LogP contribution is 2.15. The molecule has 98 valence electrons. The van der Waals surface area contributed by atoms with Gasteiger partial charge in [-0.25, -0.2) is 4.79 Å². The minimum Gasteiger partial charge on any atom is -0.444 e. The number of nitrogens with one attached hydrogen (secondary N) is 1. The summed E-state index contributed by atoms with van der Waals surface area (Å²) >= 11 is 5.83. The van der Waals surface area contributed by atoms with E-state index in [4.69, 9.17) is 26.4 Å². The van der Waals surface area contributed by atoms with Gasteiger partial charge in [0.25, 0.3) is 0 Å². The Morgan fingerprint density at radius 3 is 2.44 bits per heavy atom. The van der Waals surface area contributed by atoms with Crippen molar-refractivity contribution in [3.63, 3.8) is 0 Å². The van der Waals surface area contributed by atoms with Gasteiger partial charge in [-0.05, 0) is 32.9 Å². The van der Waals surface area contributed by atoms with Gasteiger partial charge in [-0.15, -0.1) is 0 Å². The average Bonchev–Trinajstić information content (AvgIpc) is 2.13. The summed E-state index contributed by atoms with van der Waals surface area (Å²) in [6.07, 6.45) is -0.601. The van der Waals surface area contributed by atoms with E-state index >= 15 is 0 Å². The van der Waals surface area contributed by atoms with Crippen molar-refractivity contribution in [3.05, 3.63) is 23.2 Å². The number of hydrogen-bond acceptors (Lipinski definition) is 4. The molecule has 1 aromatic rings. The molecule has 0 unspecified atom stereocenters. The number of hydrogen-bond donors (Lipinski definition) is 3. The van der Waals surface area contributed by atoms with Crippen molar-refractivity contribution in [3.8, 4) is 0 Å². The van der Waals surface area contributed by atoms with Gasteiger partial charge in [0.05, 0.1) is 0 Å². The van der Waals surface area contributed by atoms with E-state index in [0.29, 0.717) is 5.69 Å². The van der Waals surface area contributed by atoms with Crippen molar-refractivity contribution in [2.45, 2.75) is 26.4 Å². The van der Waals surface area contributed by atoms with Gasteiger partial charge in [0, 0.05) is 16.2 Å². The molecule has 0 saturated carbocycles. The summed E-state index contributed by atoms with van der Waals surface area (Å²) in [6.45, 7) is 5.26. The Balaban J connectivity index is 2.75. The maximum Gasteiger partial charge on any atom is 0.489 e. The average molecular weight is 272 g/mol. The Kier molecular flexibility index (Phi) is 4.62. The summed E-state index contributed by atoms with van der Waals surface area (Å²) in [4.78, 5) is 11.5. The van der Waals surface area contributed by atoms with Crippen LogP contribution in [0.25, 0.3) is 0 Å². The second-order valence-electron chi connectivity index (χ2n) is 4.74. The van der Waals surface area contributed by atoms with Crippen LogP contribution < -0.4 is 10.8 Å². The first-order valence-electron chi connectivity index (χ1n) is 5.34. The zero-order chi connectivity index (χ0) is 13.9. The lowest BCUT2D eigenvalue weighted by Crippen LogP contribution is -2.31. The number of anilines is 1. The molecule has 0 radical (unpaired) electrons. The predicted molar refractivity (Wildman–Crippen MR) is 71.1 cm³/mol. The molecule has 0 spiro atoms. The first-order chi connectivity index (χ1) is 8.19. The third kappa shape index (κ3) is 4.56. The number of carbonyl (C=O) groups is 1. The summed E-state index contributed by atoms with van der Waals surface area (Å²) in [7, 11) is -1.65. The van der Waals surface area contributed by atoms with Gasteiger partial charge < -0.3 is 14.8 Å². The van der Waals surface area contributed by atoms with E-state index in [1.807, 2.05) is 0 Å². The van der Waals surface area contributed by atoms with Crippen LogP contribution in [0.3, 0.4) is 0 Å². The molecule has 18 heavy (non-hydrogen) atoms. The van der Waals surface area contributed by atoms with E-state index in [2.05, 4.69) is 5.32 Å². The second-order valence-corrected chi connectivity index (χ2v) is 5.14. The van der Waals surface area contributed by atoms with Gasteiger partial charge in [0.2, 0.25) is 0 Å². The molecule has 5 nitrogen and oxygen atoms in total. The standard InChI is InChI=1S/C11H15BClNO4/c1-11(2,3)18-10(15)14-7-4-5-8(12(16)17)9(13)6-7/h4-6,16-17H,1-3H3,(H,14,15). The van der Waals surface area contributed by atoms with Crippen LogP contribution >= 0.6 is 11.6 Å². The summed E-state index contributed by atoms with van der Waals surface area (Å²) in [6, 6.07) is 4.34. The summed E-state index contributed by atoms with van der Waals surface area (Å²) in [5.41, 5.74) is -0.000169. The normalized spacial score (nSPS) is 11.0. The molecule has 0 aromatic heterocycles. The van der Waals surface area contributed by atoms with Gasteiger partial charge in [0.1, 0.15) is 5.60 Å². The summed E-state index contributed by atoms with van der Waals surface area (Å²) in [5.74, 6) is 0. The minimum atomic E-state index is -1.65. The molecule has 0 fully saturated rings. The quantitative estimate of drug-likeness (QED) is 0.710. The van der Waals surface area contributed by atoms with Crippen molar-refractivity contribution in [2.24, 2.45) is 0 Å². The Hall–Kier alpha value is -1.24. The van der Waals surface area contributed by atoms with E-state index < -0.39 is 18.8 Å². The van der Waals surface area contributed by atoms with E-state index in [1.165, 1.54) is 18.2 Å². The molecule has 0 aliphatic heterocycles. The molecule has 0 aliphatic carbocycles. The second kappa shape index (κ2) is 5.60. The monoisotopic (exact) mass is 271 g/mol. The number of halogens is 1. The molecule has 1 aromatic carbocycles. The molecule has 0 atom stereocenters. The molecule has 0 aliphatic rings. The zero-order valence-electron chi connectivity index (χ0n) is 10.4. The van der Waals surface area contributed by atoms with Crippen LogP contribution in [0.15, 0.2) is 18.2 Å². The number of benzene rings is 1. The maximum atomic E-state index is 11.5. The molecule has 3 N–H and O–H groups in total. The maximum absolute atomic E-state index is 11.5. The van der Waals surface area contributed by atoms with Crippen LogP contribution in [0, 0.1) is 0 Å². The van der Waals surface area contributed by atoms with Crippen LogP contribution in [0.4, 0.5) is 10.5 Å². The molecule has 7 heteroatoms. The highest BCUT2D eigenvalue weighted by molar-refractivity contribution is 6.62. The highest BCUT2D eigenvalue weighted by atomic mass is 35.5. The number of rotatable bonds is 2. The number of amides is 1. The van der Waals surface area contributed by atoms with E-state index in [9.17, 15) is 4.79 Å². The first kappa shape index (κ1) is 14.8. The van der Waals surface area contributed by atoms with Crippen LogP contribution in [0.1, 0.15) is 20.8 Å². The van der Waals surface area contributed by atoms with E-state index in [-0.39, 0.29) is 10.5 Å². The van der Waals surface area contributed by atoms with Gasteiger partial charge >= 0.3 is 13.2 Å². The van der Waals surface area contributed by atoms with Crippen LogP contribution in [-0.4, -0.2) is 28.9 Å². The van der Waals surface area contributed by atoms with Crippen LogP contribution in [0.2, 0.25) is 5.02 Å². The van der Waals surface area contributed by atoms with Crippen molar-refractivity contribution in [1.82, 2.24) is 0 Å². The molecule has 1 rings (SSSR count). The lowest BCUT2D eigenvalue weighted by atomic mass is 9.80. The molecule has 1 amide bonds. The van der Waals surface area contributed by atoms with Crippen LogP contribution in [-0.2, 0) is 4.74 Å². The fourth-order valence-electron chi connectivity index (χ4n) is 1.24. The smallest absolute Gasteiger partial charge is 0.444 e. The topological polar surface area (TPSA) is 78.8 Å². The fourth-order valence-corrected chi connectivity index (χ4v) is 1.51. The number of ether oxygens (including phenoxy) is 1. The van der Waals surface area contributed by atoms with E-state index in [1.54, 1.807) is 20.8 Å². The molecular formula is C11H15BClNO4. The Morgan fingerprint density at radius 2 is 2.00 bits per heavy atom. The summed E-state index contributed by atoms with van der Waals surface area (Å²) in [5, 5.41) is 20.6. The van der Waals surface area contributed by atoms with E-state index in [0.717, 1.165) is 0 Å².